The number of carbonyl (C=O) groups is 2. The minimum atomic E-state index is -0.941. The molecule has 18 heavy (non-hydrogen) atoms. The van der Waals surface area contributed by atoms with Crippen LogP contribution in [0.15, 0.2) is 24.3 Å². The van der Waals surface area contributed by atoms with Crippen molar-refractivity contribution in [3.05, 3.63) is 24.3 Å². The predicted octanol–water partition coefficient (Wildman–Crippen LogP) is 1.35. The zero-order chi connectivity index (χ0) is 13.5. The molecule has 6 nitrogen and oxygen atoms in total. The van der Waals surface area contributed by atoms with E-state index in [1.54, 1.807) is 6.07 Å². The lowest BCUT2D eigenvalue weighted by molar-refractivity contribution is -0.136. The van der Waals surface area contributed by atoms with Crippen LogP contribution in [-0.4, -0.2) is 37.7 Å². The third kappa shape index (κ3) is 4.32. The van der Waals surface area contributed by atoms with E-state index in [1.807, 2.05) is 37.2 Å². The number of benzene rings is 1. The number of rotatable bonds is 5. The van der Waals surface area contributed by atoms with Crippen LogP contribution in [0.3, 0.4) is 0 Å². The Kier molecular flexibility index (Phi) is 4.98. The number of urea groups is 1. The quantitative estimate of drug-likeness (QED) is 0.737. The average molecular weight is 251 g/mol. The predicted molar refractivity (Wildman–Crippen MR) is 70.0 cm³/mol. The zero-order valence-corrected chi connectivity index (χ0v) is 10.4. The van der Waals surface area contributed by atoms with E-state index in [0.717, 1.165) is 5.69 Å². The van der Waals surface area contributed by atoms with Crippen LogP contribution in [0.2, 0.25) is 0 Å². The number of aliphatic carboxylic acids is 1. The molecule has 0 bridgehead atoms. The molecule has 0 fully saturated rings. The molecule has 0 saturated carbocycles. The highest BCUT2D eigenvalue weighted by atomic mass is 16.4. The third-order valence-corrected chi connectivity index (χ3v) is 2.26. The van der Waals surface area contributed by atoms with E-state index < -0.39 is 12.0 Å². The minimum absolute atomic E-state index is 0.0945. The Balaban J connectivity index is 2.56. The van der Waals surface area contributed by atoms with Crippen LogP contribution in [-0.2, 0) is 4.79 Å². The second-order valence-corrected chi connectivity index (χ2v) is 3.94. The SMILES string of the molecule is CN(C)c1ccccc1NC(=O)NCCC(=O)O. The molecule has 0 aromatic heterocycles. The molecule has 1 aromatic carbocycles. The van der Waals surface area contributed by atoms with Crippen molar-refractivity contribution < 1.29 is 14.7 Å². The van der Waals surface area contributed by atoms with Gasteiger partial charge in [0.05, 0.1) is 17.8 Å². The van der Waals surface area contributed by atoms with Crippen molar-refractivity contribution in [1.82, 2.24) is 5.32 Å². The van der Waals surface area contributed by atoms with E-state index in [2.05, 4.69) is 10.6 Å². The topological polar surface area (TPSA) is 81.7 Å². The van der Waals surface area contributed by atoms with Gasteiger partial charge < -0.3 is 20.6 Å². The van der Waals surface area contributed by atoms with E-state index in [-0.39, 0.29) is 13.0 Å². The maximum absolute atomic E-state index is 11.5. The van der Waals surface area contributed by atoms with Gasteiger partial charge in [-0.05, 0) is 12.1 Å². The first kappa shape index (κ1) is 13.8. The molecule has 2 amide bonds. The Morgan fingerprint density at radius 2 is 1.94 bits per heavy atom. The number of hydrogen-bond donors (Lipinski definition) is 3. The van der Waals surface area contributed by atoms with Gasteiger partial charge in [0.25, 0.3) is 0 Å². The minimum Gasteiger partial charge on any atom is -0.481 e. The van der Waals surface area contributed by atoms with Crippen molar-refractivity contribution in [1.29, 1.82) is 0 Å². The van der Waals surface area contributed by atoms with Gasteiger partial charge in [-0.15, -0.1) is 0 Å². The van der Waals surface area contributed by atoms with Gasteiger partial charge in [0.2, 0.25) is 0 Å². The Morgan fingerprint density at radius 3 is 2.56 bits per heavy atom. The summed E-state index contributed by atoms with van der Waals surface area (Å²) < 4.78 is 0. The molecule has 98 valence electrons. The van der Waals surface area contributed by atoms with Crippen molar-refractivity contribution in [2.24, 2.45) is 0 Å². The molecule has 0 saturated heterocycles. The average Bonchev–Trinajstić information content (AvgIpc) is 2.28. The Bertz CT molecular complexity index is 432. The molecule has 1 rings (SSSR count). The molecule has 0 atom stereocenters. The highest BCUT2D eigenvalue weighted by Crippen LogP contribution is 2.22. The number of nitrogens with one attached hydrogen (secondary N) is 2. The highest BCUT2D eigenvalue weighted by molar-refractivity contribution is 5.93. The van der Waals surface area contributed by atoms with Crippen molar-refractivity contribution >= 4 is 23.4 Å². The number of hydrogen-bond acceptors (Lipinski definition) is 3. The molecule has 0 unspecified atom stereocenters. The summed E-state index contributed by atoms with van der Waals surface area (Å²) >= 11 is 0. The van der Waals surface area contributed by atoms with E-state index in [1.165, 1.54) is 0 Å². The maximum atomic E-state index is 11.5. The molecule has 1 aromatic rings. The normalized spacial score (nSPS) is 9.67. The highest BCUT2D eigenvalue weighted by Gasteiger charge is 2.07. The summed E-state index contributed by atoms with van der Waals surface area (Å²) in [7, 11) is 3.76. The number of amides is 2. The lowest BCUT2D eigenvalue weighted by Crippen LogP contribution is -2.31. The second-order valence-electron chi connectivity index (χ2n) is 3.94. The van der Waals surface area contributed by atoms with Crippen LogP contribution >= 0.6 is 0 Å². The molecule has 0 aliphatic carbocycles. The number of nitrogens with zero attached hydrogens (tertiary/aromatic N) is 1. The van der Waals surface area contributed by atoms with Gasteiger partial charge in [-0.3, -0.25) is 4.79 Å². The first-order chi connectivity index (χ1) is 8.50. The summed E-state index contributed by atoms with van der Waals surface area (Å²) in [6.45, 7) is 0.102. The number of carboxylic acids is 1. The second kappa shape index (κ2) is 6.48. The van der Waals surface area contributed by atoms with Crippen molar-refractivity contribution in [3.8, 4) is 0 Å². The number of anilines is 2. The molecule has 0 heterocycles. The smallest absolute Gasteiger partial charge is 0.319 e. The van der Waals surface area contributed by atoms with Gasteiger partial charge in [-0.2, -0.15) is 0 Å². The summed E-state index contributed by atoms with van der Waals surface area (Å²) in [5, 5.41) is 13.6. The van der Waals surface area contributed by atoms with Gasteiger partial charge in [0, 0.05) is 20.6 Å². The first-order valence-electron chi connectivity index (χ1n) is 5.53. The Hall–Kier alpha value is -2.24. The fraction of sp³-hybridized carbons (Fsp3) is 0.333. The van der Waals surface area contributed by atoms with E-state index in [4.69, 9.17) is 5.11 Å². The van der Waals surface area contributed by atoms with Crippen LogP contribution in [0.25, 0.3) is 0 Å². The monoisotopic (exact) mass is 251 g/mol. The van der Waals surface area contributed by atoms with E-state index >= 15 is 0 Å². The van der Waals surface area contributed by atoms with Gasteiger partial charge in [-0.25, -0.2) is 4.79 Å². The van der Waals surface area contributed by atoms with Crippen LogP contribution in [0.5, 0.6) is 0 Å². The van der Waals surface area contributed by atoms with Crippen molar-refractivity contribution in [2.45, 2.75) is 6.42 Å². The molecule has 6 heteroatoms. The van der Waals surface area contributed by atoms with Crippen LogP contribution in [0.1, 0.15) is 6.42 Å². The van der Waals surface area contributed by atoms with Crippen molar-refractivity contribution in [2.75, 3.05) is 30.9 Å². The Morgan fingerprint density at radius 1 is 1.28 bits per heavy atom. The molecule has 3 N–H and O–H groups in total. The number of para-hydroxylation sites is 2. The summed E-state index contributed by atoms with van der Waals surface area (Å²) in [6, 6.07) is 6.95. The summed E-state index contributed by atoms with van der Waals surface area (Å²) in [5.74, 6) is -0.941. The molecule has 0 aliphatic rings. The fourth-order valence-corrected chi connectivity index (χ4v) is 1.42. The fourth-order valence-electron chi connectivity index (χ4n) is 1.42. The molecular weight excluding hydrogens is 234 g/mol. The lowest BCUT2D eigenvalue weighted by atomic mass is 10.2. The standard InChI is InChI=1S/C12H17N3O3/c1-15(2)10-6-4-3-5-9(10)14-12(18)13-8-7-11(16)17/h3-6H,7-8H2,1-2H3,(H,16,17)(H2,13,14,18). The molecule has 0 spiro atoms. The summed E-state index contributed by atoms with van der Waals surface area (Å²) in [6.07, 6.45) is -0.0945. The number of carbonyl (C=O) groups excluding carboxylic acids is 1. The zero-order valence-electron chi connectivity index (χ0n) is 10.4. The van der Waals surface area contributed by atoms with Crippen LogP contribution in [0.4, 0.5) is 16.2 Å². The van der Waals surface area contributed by atoms with Crippen molar-refractivity contribution in [3.63, 3.8) is 0 Å². The largest absolute Gasteiger partial charge is 0.481 e. The maximum Gasteiger partial charge on any atom is 0.319 e. The first-order valence-corrected chi connectivity index (χ1v) is 5.53. The third-order valence-electron chi connectivity index (χ3n) is 2.26. The van der Waals surface area contributed by atoms with Gasteiger partial charge in [0.15, 0.2) is 0 Å². The van der Waals surface area contributed by atoms with Crippen LogP contribution < -0.4 is 15.5 Å². The summed E-state index contributed by atoms with van der Waals surface area (Å²) in [5.41, 5.74) is 1.56. The molecule has 0 aliphatic heterocycles. The van der Waals surface area contributed by atoms with E-state index in [0.29, 0.717) is 5.69 Å². The molecule has 0 radical (unpaired) electrons. The lowest BCUT2D eigenvalue weighted by Gasteiger charge is -2.17. The number of carboxylic acid groups (broad SMARTS) is 1. The Labute approximate surface area is 106 Å². The van der Waals surface area contributed by atoms with Crippen LogP contribution in [0, 0.1) is 0 Å². The van der Waals surface area contributed by atoms with Gasteiger partial charge >= 0.3 is 12.0 Å². The summed E-state index contributed by atoms with van der Waals surface area (Å²) in [4.78, 5) is 23.7. The van der Waals surface area contributed by atoms with Gasteiger partial charge in [-0.1, -0.05) is 12.1 Å². The molecular formula is C12H17N3O3. The van der Waals surface area contributed by atoms with Gasteiger partial charge in [0.1, 0.15) is 0 Å². The van der Waals surface area contributed by atoms with E-state index in [9.17, 15) is 9.59 Å².